The molecule has 2 aromatic carbocycles. The van der Waals surface area contributed by atoms with Gasteiger partial charge in [-0.2, -0.15) is 5.10 Å². The van der Waals surface area contributed by atoms with Gasteiger partial charge >= 0.3 is 0 Å². The van der Waals surface area contributed by atoms with Gasteiger partial charge in [0.25, 0.3) is 5.91 Å². The Morgan fingerprint density at radius 1 is 1.08 bits per heavy atom. The summed E-state index contributed by atoms with van der Waals surface area (Å²) in [6.07, 6.45) is 5.24. The zero-order chi connectivity index (χ0) is 26.2. The lowest BCUT2D eigenvalue weighted by Gasteiger charge is -2.58. The molecule has 1 saturated heterocycles. The van der Waals surface area contributed by atoms with Crippen molar-refractivity contribution in [3.8, 4) is 22.8 Å². The highest BCUT2D eigenvalue weighted by molar-refractivity contribution is 6.03. The molecule has 9 nitrogen and oxygen atoms in total. The molecular weight excluding hydrogens is 468 g/mol. The van der Waals surface area contributed by atoms with Crippen LogP contribution in [0.2, 0.25) is 0 Å². The Morgan fingerprint density at radius 3 is 2.35 bits per heavy atom. The average molecular weight is 501 g/mol. The number of primary amides is 1. The van der Waals surface area contributed by atoms with Crippen LogP contribution < -0.4 is 16.2 Å². The standard InChI is InChI=1S/C28H32N6O3/c1-32(2)14-6-9-23(35)33-17-28(18-33)15-20(16-28)34-26(29)24(27(30)36)25(31-34)19-10-12-22(13-11-19)37-21-7-4-3-5-8-21/h3-13,20H,14-18,29H2,1-2H3,(H2,30,36). The van der Waals surface area contributed by atoms with Crippen molar-refractivity contribution < 1.29 is 14.3 Å². The van der Waals surface area contributed by atoms with Crippen molar-refractivity contribution >= 4 is 17.6 Å². The third-order valence-corrected chi connectivity index (χ3v) is 7.08. The largest absolute Gasteiger partial charge is 0.457 e. The lowest BCUT2D eigenvalue weighted by atomic mass is 9.60. The van der Waals surface area contributed by atoms with E-state index in [1.165, 1.54) is 0 Å². The van der Waals surface area contributed by atoms with Crippen molar-refractivity contribution in [1.29, 1.82) is 0 Å². The van der Waals surface area contributed by atoms with Crippen LogP contribution in [-0.2, 0) is 4.79 Å². The molecule has 4 N–H and O–H groups in total. The molecule has 1 aliphatic carbocycles. The Hall–Kier alpha value is -4.11. The number of rotatable bonds is 8. The third-order valence-electron chi connectivity index (χ3n) is 7.08. The molecular formula is C28H32N6O3. The van der Waals surface area contributed by atoms with Crippen LogP contribution in [0.1, 0.15) is 29.2 Å². The smallest absolute Gasteiger partial charge is 0.254 e. The number of nitrogens with two attached hydrogens (primary N) is 2. The molecule has 2 heterocycles. The first-order chi connectivity index (χ1) is 17.7. The number of amides is 2. The fraction of sp³-hybridized carbons (Fsp3) is 0.321. The molecule has 1 aromatic heterocycles. The number of benzene rings is 2. The maximum absolute atomic E-state index is 12.4. The fourth-order valence-corrected chi connectivity index (χ4v) is 5.24. The molecule has 3 aromatic rings. The normalized spacial score (nSPS) is 16.7. The van der Waals surface area contributed by atoms with Gasteiger partial charge in [-0.1, -0.05) is 24.3 Å². The zero-order valence-electron chi connectivity index (χ0n) is 21.1. The van der Waals surface area contributed by atoms with E-state index in [0.717, 1.165) is 43.8 Å². The number of carbonyl (C=O) groups is 2. The molecule has 0 unspecified atom stereocenters. The van der Waals surface area contributed by atoms with E-state index in [1.807, 2.05) is 84.6 Å². The first-order valence-corrected chi connectivity index (χ1v) is 12.4. The SMILES string of the molecule is CN(C)CC=CC(=O)N1CC2(CC(n3nc(-c4ccc(Oc5ccccc5)cc4)c(C(N)=O)c3N)C2)C1. The van der Waals surface area contributed by atoms with Crippen molar-refractivity contribution in [3.05, 3.63) is 72.3 Å². The van der Waals surface area contributed by atoms with Gasteiger partial charge in [0.2, 0.25) is 5.91 Å². The van der Waals surface area contributed by atoms with Crippen molar-refractivity contribution in [2.45, 2.75) is 18.9 Å². The number of para-hydroxylation sites is 1. The molecule has 0 bridgehead atoms. The molecule has 2 fully saturated rings. The van der Waals surface area contributed by atoms with Crippen molar-refractivity contribution in [2.24, 2.45) is 11.1 Å². The van der Waals surface area contributed by atoms with Gasteiger partial charge in [-0.05, 0) is 63.3 Å². The van der Waals surface area contributed by atoms with Gasteiger partial charge in [-0.3, -0.25) is 9.59 Å². The predicted molar refractivity (Wildman–Crippen MR) is 142 cm³/mol. The highest BCUT2D eigenvalue weighted by Gasteiger charge is 2.54. The first-order valence-electron chi connectivity index (χ1n) is 12.4. The van der Waals surface area contributed by atoms with Crippen LogP contribution in [-0.4, -0.2) is 65.1 Å². The average Bonchev–Trinajstić information content (AvgIpc) is 3.15. The van der Waals surface area contributed by atoms with Crippen molar-refractivity contribution in [3.63, 3.8) is 0 Å². The third kappa shape index (κ3) is 4.95. The van der Waals surface area contributed by atoms with E-state index in [0.29, 0.717) is 11.4 Å². The number of hydrogen-bond donors (Lipinski definition) is 2. The summed E-state index contributed by atoms with van der Waals surface area (Å²) in [7, 11) is 3.93. The second-order valence-electron chi connectivity index (χ2n) is 10.3. The molecule has 1 saturated carbocycles. The molecule has 0 atom stereocenters. The van der Waals surface area contributed by atoms with E-state index in [1.54, 1.807) is 10.8 Å². The number of likely N-dealkylation sites (N-methyl/N-ethyl adjacent to an activating group) is 1. The summed E-state index contributed by atoms with van der Waals surface area (Å²) in [5.41, 5.74) is 13.6. The highest BCUT2D eigenvalue weighted by Crippen LogP contribution is 2.55. The molecule has 2 aliphatic rings. The molecule has 5 rings (SSSR count). The predicted octanol–water partition coefficient (Wildman–Crippen LogP) is 3.30. The number of aromatic nitrogens is 2. The van der Waals surface area contributed by atoms with Crippen LogP contribution in [0.15, 0.2) is 66.7 Å². The van der Waals surface area contributed by atoms with Gasteiger partial charge in [0.05, 0.1) is 6.04 Å². The summed E-state index contributed by atoms with van der Waals surface area (Å²) in [5.74, 6) is 1.13. The maximum atomic E-state index is 12.4. The minimum Gasteiger partial charge on any atom is -0.457 e. The Morgan fingerprint density at radius 2 is 1.73 bits per heavy atom. The second kappa shape index (κ2) is 9.74. The number of likely N-dealkylation sites (tertiary alicyclic amines) is 1. The van der Waals surface area contributed by atoms with E-state index in [9.17, 15) is 9.59 Å². The summed E-state index contributed by atoms with van der Waals surface area (Å²) in [4.78, 5) is 28.6. The number of hydrogen-bond acceptors (Lipinski definition) is 6. The van der Waals surface area contributed by atoms with E-state index >= 15 is 0 Å². The molecule has 2 amide bonds. The Kier molecular flexibility index (Phi) is 6.47. The highest BCUT2D eigenvalue weighted by atomic mass is 16.5. The molecule has 1 spiro atoms. The molecule has 37 heavy (non-hydrogen) atoms. The van der Waals surface area contributed by atoms with Crippen LogP contribution in [0.4, 0.5) is 5.82 Å². The first kappa shape index (κ1) is 24.6. The summed E-state index contributed by atoms with van der Waals surface area (Å²) < 4.78 is 7.60. The van der Waals surface area contributed by atoms with Crippen LogP contribution in [0, 0.1) is 5.41 Å². The minimum absolute atomic E-state index is 0.0486. The minimum atomic E-state index is -0.609. The Balaban J connectivity index is 1.26. The topological polar surface area (TPSA) is 120 Å². The summed E-state index contributed by atoms with van der Waals surface area (Å²) in [6, 6.07) is 16.9. The maximum Gasteiger partial charge on any atom is 0.254 e. The van der Waals surface area contributed by atoms with Gasteiger partial charge in [0.15, 0.2) is 0 Å². The number of ether oxygens (including phenoxy) is 1. The Labute approximate surface area is 216 Å². The van der Waals surface area contributed by atoms with Crippen molar-refractivity contribution in [1.82, 2.24) is 19.6 Å². The number of nitrogens with zero attached hydrogens (tertiary/aromatic N) is 4. The Bertz CT molecular complexity index is 1320. The van der Waals surface area contributed by atoms with Crippen LogP contribution in [0.3, 0.4) is 0 Å². The molecule has 1 aliphatic heterocycles. The van der Waals surface area contributed by atoms with Gasteiger partial charge in [0.1, 0.15) is 28.6 Å². The lowest BCUT2D eigenvalue weighted by molar-refractivity contribution is -0.149. The molecule has 0 radical (unpaired) electrons. The van der Waals surface area contributed by atoms with Crippen LogP contribution >= 0.6 is 0 Å². The quantitative estimate of drug-likeness (QED) is 0.458. The van der Waals surface area contributed by atoms with Gasteiger partial charge < -0.3 is 26.0 Å². The van der Waals surface area contributed by atoms with Crippen LogP contribution in [0.5, 0.6) is 11.5 Å². The second-order valence-corrected chi connectivity index (χ2v) is 10.3. The number of carbonyl (C=O) groups excluding carboxylic acids is 2. The van der Waals surface area contributed by atoms with E-state index in [-0.39, 0.29) is 28.7 Å². The van der Waals surface area contributed by atoms with E-state index in [4.69, 9.17) is 21.3 Å². The summed E-state index contributed by atoms with van der Waals surface area (Å²) >= 11 is 0. The zero-order valence-corrected chi connectivity index (χ0v) is 21.1. The molecule has 9 heteroatoms. The summed E-state index contributed by atoms with van der Waals surface area (Å²) in [6.45, 7) is 2.20. The van der Waals surface area contributed by atoms with E-state index in [2.05, 4.69) is 0 Å². The lowest BCUT2D eigenvalue weighted by Crippen LogP contribution is -2.63. The van der Waals surface area contributed by atoms with Crippen molar-refractivity contribution in [2.75, 3.05) is 39.5 Å². The summed E-state index contributed by atoms with van der Waals surface area (Å²) in [5, 5.41) is 4.73. The van der Waals surface area contributed by atoms with Gasteiger partial charge in [-0.15, -0.1) is 0 Å². The monoisotopic (exact) mass is 500 g/mol. The fourth-order valence-electron chi connectivity index (χ4n) is 5.24. The van der Waals surface area contributed by atoms with Gasteiger partial charge in [0, 0.05) is 36.7 Å². The number of nitrogen functional groups attached to an aromatic ring is 1. The van der Waals surface area contributed by atoms with Gasteiger partial charge in [-0.25, -0.2) is 4.68 Å². The number of anilines is 1. The molecule has 192 valence electrons. The van der Waals surface area contributed by atoms with Crippen LogP contribution in [0.25, 0.3) is 11.3 Å². The van der Waals surface area contributed by atoms with E-state index < -0.39 is 5.91 Å².